The third-order valence-corrected chi connectivity index (χ3v) is 5.37. The van der Waals surface area contributed by atoms with Gasteiger partial charge in [0.15, 0.2) is 0 Å². The molecule has 0 bridgehead atoms. The Kier molecular flexibility index (Phi) is 5.97. The van der Waals surface area contributed by atoms with E-state index in [0.29, 0.717) is 36.3 Å². The summed E-state index contributed by atoms with van der Waals surface area (Å²) in [6.45, 7) is 5.65. The highest BCUT2D eigenvalue weighted by Gasteiger charge is 2.30. The Morgan fingerprint density at radius 3 is 2.68 bits per heavy atom. The third kappa shape index (κ3) is 4.53. The number of hydrogen-bond donors (Lipinski definition) is 1. The van der Waals surface area contributed by atoms with Crippen LogP contribution in [0.3, 0.4) is 0 Å². The Hall–Kier alpha value is -1.59. The molecule has 2 heterocycles. The highest BCUT2D eigenvalue weighted by Crippen LogP contribution is 2.20. The van der Waals surface area contributed by atoms with Crippen molar-refractivity contribution in [2.24, 2.45) is 5.92 Å². The number of nitrogens with one attached hydrogen (secondary N) is 1. The lowest BCUT2D eigenvalue weighted by Gasteiger charge is -2.31. The van der Waals surface area contributed by atoms with Crippen molar-refractivity contribution in [2.45, 2.75) is 32.2 Å². The van der Waals surface area contributed by atoms with Gasteiger partial charge in [-0.1, -0.05) is 17.7 Å². The van der Waals surface area contributed by atoms with Gasteiger partial charge < -0.3 is 15.1 Å². The van der Waals surface area contributed by atoms with Crippen molar-refractivity contribution >= 4 is 23.4 Å². The molecule has 2 aliphatic rings. The van der Waals surface area contributed by atoms with E-state index in [-0.39, 0.29) is 17.7 Å². The number of benzene rings is 1. The van der Waals surface area contributed by atoms with Gasteiger partial charge in [-0.3, -0.25) is 9.59 Å². The quantitative estimate of drug-likeness (QED) is 0.877. The van der Waals surface area contributed by atoms with Gasteiger partial charge in [0.1, 0.15) is 0 Å². The number of halogens is 1. The lowest BCUT2D eigenvalue weighted by atomic mass is 9.92. The standard InChI is InChI=1S/C19H26ClN3O2/c1-14-12-16(6-7-21-14)19(25)23-9-3-8-22(10-11-23)18(24)15-4-2-5-17(20)13-15/h2,4-5,13-14,16,21H,3,6-12H2,1H3/t14-,16-/m0/s1. The van der Waals surface area contributed by atoms with E-state index in [9.17, 15) is 9.59 Å². The summed E-state index contributed by atoms with van der Waals surface area (Å²) < 4.78 is 0. The summed E-state index contributed by atoms with van der Waals surface area (Å²) in [6.07, 6.45) is 2.63. The van der Waals surface area contributed by atoms with Crippen LogP contribution >= 0.6 is 11.6 Å². The summed E-state index contributed by atoms with van der Waals surface area (Å²) in [4.78, 5) is 29.3. The molecule has 25 heavy (non-hydrogen) atoms. The van der Waals surface area contributed by atoms with Crippen LogP contribution < -0.4 is 5.32 Å². The number of rotatable bonds is 2. The molecule has 0 unspecified atom stereocenters. The SMILES string of the molecule is C[C@H]1C[C@@H](C(=O)N2CCCN(C(=O)c3cccc(Cl)c3)CC2)CCN1. The second-order valence-corrected chi connectivity index (χ2v) is 7.49. The Balaban J connectivity index is 1.60. The maximum atomic E-state index is 12.8. The van der Waals surface area contributed by atoms with Crippen molar-refractivity contribution in [3.63, 3.8) is 0 Å². The average molecular weight is 364 g/mol. The van der Waals surface area contributed by atoms with Crippen LogP contribution in [0.2, 0.25) is 5.02 Å². The average Bonchev–Trinajstić information content (AvgIpc) is 2.86. The first-order chi connectivity index (χ1) is 12.0. The number of piperidine rings is 1. The van der Waals surface area contributed by atoms with E-state index in [1.165, 1.54) is 0 Å². The summed E-state index contributed by atoms with van der Waals surface area (Å²) in [5, 5.41) is 3.96. The zero-order valence-corrected chi connectivity index (χ0v) is 15.5. The molecule has 1 aromatic rings. The van der Waals surface area contributed by atoms with Gasteiger partial charge >= 0.3 is 0 Å². The minimum Gasteiger partial charge on any atom is -0.341 e. The first-order valence-corrected chi connectivity index (χ1v) is 9.49. The van der Waals surface area contributed by atoms with E-state index in [0.717, 1.165) is 32.4 Å². The largest absolute Gasteiger partial charge is 0.341 e. The van der Waals surface area contributed by atoms with Crippen molar-refractivity contribution in [1.29, 1.82) is 0 Å². The summed E-state index contributed by atoms with van der Waals surface area (Å²) in [5.41, 5.74) is 0.611. The fourth-order valence-corrected chi connectivity index (χ4v) is 3.95. The van der Waals surface area contributed by atoms with Crippen LogP contribution in [0, 0.1) is 5.92 Å². The van der Waals surface area contributed by atoms with E-state index in [4.69, 9.17) is 11.6 Å². The van der Waals surface area contributed by atoms with Gasteiger partial charge in [-0.25, -0.2) is 0 Å². The van der Waals surface area contributed by atoms with Gasteiger partial charge in [0.2, 0.25) is 5.91 Å². The monoisotopic (exact) mass is 363 g/mol. The van der Waals surface area contributed by atoms with E-state index < -0.39 is 0 Å². The number of amides is 2. The fourth-order valence-electron chi connectivity index (χ4n) is 3.76. The van der Waals surface area contributed by atoms with Crippen molar-refractivity contribution in [2.75, 3.05) is 32.7 Å². The molecule has 1 N–H and O–H groups in total. The van der Waals surface area contributed by atoms with Crippen molar-refractivity contribution in [3.8, 4) is 0 Å². The second kappa shape index (κ2) is 8.19. The molecule has 0 saturated carbocycles. The van der Waals surface area contributed by atoms with E-state index in [2.05, 4.69) is 12.2 Å². The molecule has 1 aromatic carbocycles. The number of hydrogen-bond acceptors (Lipinski definition) is 3. The molecule has 2 aliphatic heterocycles. The zero-order valence-electron chi connectivity index (χ0n) is 14.7. The maximum Gasteiger partial charge on any atom is 0.253 e. The first kappa shape index (κ1) is 18.2. The van der Waals surface area contributed by atoms with Crippen LogP contribution in [-0.2, 0) is 4.79 Å². The van der Waals surface area contributed by atoms with Crippen LogP contribution in [-0.4, -0.2) is 60.4 Å². The summed E-state index contributed by atoms with van der Waals surface area (Å²) in [7, 11) is 0. The van der Waals surface area contributed by atoms with Gasteiger partial charge in [0, 0.05) is 48.7 Å². The van der Waals surface area contributed by atoms with Crippen LogP contribution in [0.15, 0.2) is 24.3 Å². The highest BCUT2D eigenvalue weighted by molar-refractivity contribution is 6.30. The molecule has 136 valence electrons. The van der Waals surface area contributed by atoms with E-state index in [1.807, 2.05) is 9.80 Å². The lowest BCUT2D eigenvalue weighted by molar-refractivity contribution is -0.136. The summed E-state index contributed by atoms with van der Waals surface area (Å²) in [6, 6.07) is 7.45. The molecule has 0 aliphatic carbocycles. The summed E-state index contributed by atoms with van der Waals surface area (Å²) in [5.74, 6) is 0.365. The van der Waals surface area contributed by atoms with Crippen molar-refractivity contribution < 1.29 is 9.59 Å². The van der Waals surface area contributed by atoms with Gasteiger partial charge in [-0.2, -0.15) is 0 Å². The third-order valence-electron chi connectivity index (χ3n) is 5.14. The van der Waals surface area contributed by atoms with Crippen molar-refractivity contribution in [1.82, 2.24) is 15.1 Å². The molecule has 2 fully saturated rings. The molecule has 0 radical (unpaired) electrons. The van der Waals surface area contributed by atoms with Crippen LogP contribution in [0.1, 0.15) is 36.5 Å². The molecule has 2 saturated heterocycles. The first-order valence-electron chi connectivity index (χ1n) is 9.11. The predicted octanol–water partition coefficient (Wildman–Crippen LogP) is 2.40. The maximum absolute atomic E-state index is 12.8. The Bertz CT molecular complexity index is 637. The zero-order chi connectivity index (χ0) is 17.8. The highest BCUT2D eigenvalue weighted by atomic mass is 35.5. The topological polar surface area (TPSA) is 52.7 Å². The molecule has 0 spiro atoms. The minimum atomic E-state index is -0.00714. The molecule has 0 aromatic heterocycles. The lowest BCUT2D eigenvalue weighted by Crippen LogP contribution is -2.45. The van der Waals surface area contributed by atoms with Crippen LogP contribution in [0.25, 0.3) is 0 Å². The molecule has 5 nitrogen and oxygen atoms in total. The molecular formula is C19H26ClN3O2. The van der Waals surface area contributed by atoms with Crippen LogP contribution in [0.5, 0.6) is 0 Å². The Morgan fingerprint density at radius 1 is 1.16 bits per heavy atom. The fraction of sp³-hybridized carbons (Fsp3) is 0.579. The smallest absolute Gasteiger partial charge is 0.253 e. The van der Waals surface area contributed by atoms with Crippen molar-refractivity contribution in [3.05, 3.63) is 34.9 Å². The Morgan fingerprint density at radius 2 is 1.92 bits per heavy atom. The van der Waals surface area contributed by atoms with Gasteiger partial charge in [-0.15, -0.1) is 0 Å². The predicted molar refractivity (Wildman–Crippen MR) is 98.7 cm³/mol. The van der Waals surface area contributed by atoms with Gasteiger partial charge in [0.05, 0.1) is 0 Å². The van der Waals surface area contributed by atoms with Gasteiger partial charge in [-0.05, 0) is 50.9 Å². The molecule has 2 amide bonds. The van der Waals surface area contributed by atoms with E-state index in [1.54, 1.807) is 24.3 Å². The molecule has 2 atom stereocenters. The molecule has 3 rings (SSSR count). The summed E-state index contributed by atoms with van der Waals surface area (Å²) >= 11 is 5.99. The number of carbonyl (C=O) groups is 2. The normalized spacial score (nSPS) is 24.7. The Labute approximate surface area is 154 Å². The van der Waals surface area contributed by atoms with Gasteiger partial charge in [0.25, 0.3) is 5.91 Å². The minimum absolute atomic E-state index is 0.00714. The molecule has 6 heteroatoms. The van der Waals surface area contributed by atoms with E-state index >= 15 is 0 Å². The molecular weight excluding hydrogens is 338 g/mol. The second-order valence-electron chi connectivity index (χ2n) is 7.06. The number of carbonyl (C=O) groups excluding carboxylic acids is 2. The number of nitrogens with zero attached hydrogens (tertiary/aromatic N) is 2. The van der Waals surface area contributed by atoms with Crippen LogP contribution in [0.4, 0.5) is 0 Å².